The van der Waals surface area contributed by atoms with Crippen molar-refractivity contribution < 1.29 is 8.42 Å². The van der Waals surface area contributed by atoms with E-state index in [0.29, 0.717) is 6.54 Å². The molecule has 1 aliphatic heterocycles. The van der Waals surface area contributed by atoms with Gasteiger partial charge in [-0.05, 0) is 25.6 Å². The quantitative estimate of drug-likeness (QED) is 0.855. The molecule has 122 valence electrons. The number of nitrogens with one attached hydrogen (secondary N) is 1. The van der Waals surface area contributed by atoms with Crippen LogP contribution in [0.3, 0.4) is 0 Å². The number of piperazine rings is 1. The first-order valence-corrected chi connectivity index (χ1v) is 9.16. The molecule has 1 unspecified atom stereocenters. The van der Waals surface area contributed by atoms with Crippen molar-refractivity contribution in [3.05, 3.63) is 41.3 Å². The van der Waals surface area contributed by atoms with Crippen LogP contribution in [0.15, 0.2) is 35.7 Å². The summed E-state index contributed by atoms with van der Waals surface area (Å²) in [6.45, 7) is 6.54. The van der Waals surface area contributed by atoms with Gasteiger partial charge in [-0.3, -0.25) is 4.90 Å². The minimum Gasteiger partial charge on any atom is -0.304 e. The van der Waals surface area contributed by atoms with Gasteiger partial charge in [0.1, 0.15) is 0 Å². The Balaban J connectivity index is 1.83. The minimum atomic E-state index is -3.39. The maximum absolute atomic E-state index is 12.0. The molecule has 0 bridgehead atoms. The molecule has 22 heavy (non-hydrogen) atoms. The van der Waals surface area contributed by atoms with Crippen molar-refractivity contribution in [3.63, 3.8) is 0 Å². The lowest BCUT2D eigenvalue weighted by Crippen LogP contribution is -2.51. The van der Waals surface area contributed by atoms with E-state index in [4.69, 9.17) is 0 Å². The molecule has 1 heterocycles. The third-order valence-electron chi connectivity index (χ3n) is 3.98. The zero-order valence-electron chi connectivity index (χ0n) is 13.3. The number of nitrogens with zero attached hydrogens (tertiary/aromatic N) is 2. The van der Waals surface area contributed by atoms with Gasteiger partial charge in [0.15, 0.2) is 0 Å². The summed E-state index contributed by atoms with van der Waals surface area (Å²) in [5.74, 6) is 0. The minimum absolute atomic E-state index is 0.202. The Kier molecular flexibility index (Phi) is 6.14. The molecule has 0 spiro atoms. The van der Waals surface area contributed by atoms with Crippen LogP contribution < -0.4 is 4.72 Å². The maximum Gasteiger partial charge on any atom is 0.233 e. The van der Waals surface area contributed by atoms with Gasteiger partial charge < -0.3 is 4.90 Å². The number of benzene rings is 1. The SMILES string of the molecule is CC(CNS(=O)(=O)/C=C/c1ccccc1)N1CCN(C)CC1. The summed E-state index contributed by atoms with van der Waals surface area (Å²) in [5, 5.41) is 1.24. The van der Waals surface area contributed by atoms with Crippen molar-refractivity contribution in [3.8, 4) is 0 Å². The Hall–Kier alpha value is -1.21. The van der Waals surface area contributed by atoms with Crippen LogP contribution in [0, 0.1) is 0 Å². The molecule has 5 nitrogen and oxygen atoms in total. The Morgan fingerprint density at radius 2 is 1.82 bits per heavy atom. The number of likely N-dealkylation sites (N-methyl/N-ethyl adjacent to an activating group) is 1. The van der Waals surface area contributed by atoms with E-state index in [2.05, 4.69) is 28.5 Å². The summed E-state index contributed by atoms with van der Waals surface area (Å²) in [7, 11) is -1.28. The number of hydrogen-bond acceptors (Lipinski definition) is 4. The highest BCUT2D eigenvalue weighted by atomic mass is 32.2. The molecular weight excluding hydrogens is 298 g/mol. The molecule has 2 rings (SSSR count). The van der Waals surface area contributed by atoms with Crippen LogP contribution in [0.2, 0.25) is 0 Å². The molecule has 1 N–H and O–H groups in total. The smallest absolute Gasteiger partial charge is 0.233 e. The lowest BCUT2D eigenvalue weighted by atomic mass is 10.2. The van der Waals surface area contributed by atoms with E-state index < -0.39 is 10.0 Å². The Morgan fingerprint density at radius 3 is 2.45 bits per heavy atom. The standard InChI is InChI=1S/C16H25N3O2S/c1-15(19-11-9-18(2)10-12-19)14-17-22(20,21)13-8-16-6-4-3-5-7-16/h3-8,13,15,17H,9-12,14H2,1-2H3/b13-8+. The average molecular weight is 323 g/mol. The molecule has 0 amide bonds. The molecule has 1 aromatic carbocycles. The molecule has 1 atom stereocenters. The van der Waals surface area contributed by atoms with Gasteiger partial charge in [0, 0.05) is 44.2 Å². The molecule has 1 aromatic rings. The Labute approximate surface area is 133 Å². The van der Waals surface area contributed by atoms with Gasteiger partial charge in [0.2, 0.25) is 10.0 Å². The topological polar surface area (TPSA) is 52.7 Å². The van der Waals surface area contributed by atoms with E-state index in [9.17, 15) is 8.42 Å². The van der Waals surface area contributed by atoms with Gasteiger partial charge in [-0.15, -0.1) is 0 Å². The lowest BCUT2D eigenvalue weighted by molar-refractivity contribution is 0.120. The summed E-state index contributed by atoms with van der Waals surface area (Å²) in [6, 6.07) is 9.62. The third-order valence-corrected chi connectivity index (χ3v) is 5.04. The van der Waals surface area contributed by atoms with Crippen LogP contribution >= 0.6 is 0 Å². The maximum atomic E-state index is 12.0. The van der Waals surface area contributed by atoms with E-state index in [-0.39, 0.29) is 6.04 Å². The zero-order chi connectivity index (χ0) is 16.0. The monoisotopic (exact) mass is 323 g/mol. The van der Waals surface area contributed by atoms with E-state index in [0.717, 1.165) is 31.7 Å². The zero-order valence-corrected chi connectivity index (χ0v) is 14.1. The predicted molar refractivity (Wildman–Crippen MR) is 90.9 cm³/mol. The average Bonchev–Trinajstić information content (AvgIpc) is 2.53. The lowest BCUT2D eigenvalue weighted by Gasteiger charge is -2.36. The van der Waals surface area contributed by atoms with Gasteiger partial charge in [-0.1, -0.05) is 30.3 Å². The molecule has 0 aliphatic carbocycles. The Bertz CT molecular complexity index is 579. The van der Waals surface area contributed by atoms with E-state index in [1.165, 1.54) is 5.41 Å². The van der Waals surface area contributed by atoms with Gasteiger partial charge in [0.05, 0.1) is 0 Å². The summed E-state index contributed by atoms with van der Waals surface area (Å²) >= 11 is 0. The highest BCUT2D eigenvalue weighted by molar-refractivity contribution is 7.92. The second-order valence-electron chi connectivity index (χ2n) is 5.80. The fourth-order valence-electron chi connectivity index (χ4n) is 2.41. The van der Waals surface area contributed by atoms with Crippen molar-refractivity contribution in [2.75, 3.05) is 39.8 Å². The van der Waals surface area contributed by atoms with Crippen LogP contribution in [-0.4, -0.2) is 64.0 Å². The first-order valence-electron chi connectivity index (χ1n) is 7.62. The second kappa shape index (κ2) is 7.87. The van der Waals surface area contributed by atoms with Gasteiger partial charge in [0.25, 0.3) is 0 Å². The van der Waals surface area contributed by atoms with Crippen molar-refractivity contribution in [1.29, 1.82) is 0 Å². The number of hydrogen-bond donors (Lipinski definition) is 1. The summed E-state index contributed by atoms with van der Waals surface area (Å²) in [6.07, 6.45) is 1.61. The fraction of sp³-hybridized carbons (Fsp3) is 0.500. The van der Waals surface area contributed by atoms with Crippen molar-refractivity contribution in [2.45, 2.75) is 13.0 Å². The van der Waals surface area contributed by atoms with Crippen LogP contribution in [-0.2, 0) is 10.0 Å². The van der Waals surface area contributed by atoms with Crippen LogP contribution in [0.1, 0.15) is 12.5 Å². The van der Waals surface area contributed by atoms with Crippen LogP contribution in [0.5, 0.6) is 0 Å². The first kappa shape index (κ1) is 17.1. The van der Waals surface area contributed by atoms with E-state index in [1.807, 2.05) is 30.3 Å². The van der Waals surface area contributed by atoms with Gasteiger partial charge >= 0.3 is 0 Å². The van der Waals surface area contributed by atoms with E-state index in [1.54, 1.807) is 6.08 Å². The molecular formula is C16H25N3O2S. The Morgan fingerprint density at radius 1 is 1.18 bits per heavy atom. The number of rotatable bonds is 6. The molecule has 1 fully saturated rings. The van der Waals surface area contributed by atoms with Gasteiger partial charge in [-0.2, -0.15) is 0 Å². The highest BCUT2D eigenvalue weighted by Crippen LogP contribution is 2.06. The van der Waals surface area contributed by atoms with Crippen molar-refractivity contribution in [1.82, 2.24) is 14.5 Å². The van der Waals surface area contributed by atoms with Crippen molar-refractivity contribution >= 4 is 16.1 Å². The summed E-state index contributed by atoms with van der Waals surface area (Å²) in [5.41, 5.74) is 0.875. The second-order valence-corrected chi connectivity index (χ2v) is 7.45. The third kappa shape index (κ3) is 5.53. The van der Waals surface area contributed by atoms with Crippen molar-refractivity contribution in [2.24, 2.45) is 0 Å². The highest BCUT2D eigenvalue weighted by Gasteiger charge is 2.20. The molecule has 0 aromatic heterocycles. The number of sulfonamides is 1. The largest absolute Gasteiger partial charge is 0.304 e. The normalized spacial score (nSPS) is 19.5. The fourth-order valence-corrected chi connectivity index (χ4v) is 3.31. The summed E-state index contributed by atoms with van der Waals surface area (Å²) < 4.78 is 26.7. The van der Waals surface area contributed by atoms with E-state index >= 15 is 0 Å². The molecule has 1 saturated heterocycles. The van der Waals surface area contributed by atoms with Gasteiger partial charge in [-0.25, -0.2) is 13.1 Å². The summed E-state index contributed by atoms with van der Waals surface area (Å²) in [4.78, 5) is 4.61. The van der Waals surface area contributed by atoms with Crippen LogP contribution in [0.4, 0.5) is 0 Å². The molecule has 0 radical (unpaired) electrons. The first-order chi connectivity index (χ1) is 10.5. The molecule has 6 heteroatoms. The molecule has 1 aliphatic rings. The predicted octanol–water partition coefficient (Wildman–Crippen LogP) is 1.21. The molecule has 0 saturated carbocycles. The van der Waals surface area contributed by atoms with Crippen LogP contribution in [0.25, 0.3) is 6.08 Å².